The standard InChI is InChI=1S/C28H21N5O2/c1-15-24(18-7-3-5-9-21(18)32-15)26-25(19-13-29-20-8-4-2-6-17(19)20)27(34)28(35)33(26)16-10-11-22-23(12-16)31-14-30-22/h2-14,26,29,32,34H,1H3,(H,30,31). The molecule has 7 nitrogen and oxygen atoms in total. The first-order valence-electron chi connectivity index (χ1n) is 11.5. The molecule has 4 N–H and O–H groups in total. The molecule has 7 rings (SSSR count). The number of carbonyl (C=O) groups excluding carboxylic acids is 1. The summed E-state index contributed by atoms with van der Waals surface area (Å²) in [6.45, 7) is 2.01. The molecule has 0 saturated carbocycles. The molecule has 0 spiro atoms. The summed E-state index contributed by atoms with van der Waals surface area (Å²) in [7, 11) is 0. The van der Waals surface area contributed by atoms with Crippen LogP contribution in [-0.2, 0) is 4.79 Å². The number of benzene rings is 3. The zero-order valence-corrected chi connectivity index (χ0v) is 18.8. The number of hydrogen-bond donors (Lipinski definition) is 4. The van der Waals surface area contributed by atoms with Crippen LogP contribution < -0.4 is 4.90 Å². The number of rotatable bonds is 3. The minimum absolute atomic E-state index is 0.242. The van der Waals surface area contributed by atoms with Crippen molar-refractivity contribution >= 4 is 50.0 Å². The number of nitrogens with one attached hydrogen (secondary N) is 3. The van der Waals surface area contributed by atoms with Gasteiger partial charge < -0.3 is 20.1 Å². The number of aromatic amines is 3. The van der Waals surface area contributed by atoms with Crippen molar-refractivity contribution in [1.29, 1.82) is 0 Å². The number of aromatic nitrogens is 4. The maximum absolute atomic E-state index is 13.7. The number of aryl methyl sites for hydroxylation is 1. The molecule has 7 heteroatoms. The Kier molecular flexibility index (Phi) is 3.99. The van der Waals surface area contributed by atoms with E-state index in [1.807, 2.05) is 73.8 Å². The molecule has 4 heterocycles. The molecule has 170 valence electrons. The predicted octanol–water partition coefficient (Wildman–Crippen LogP) is 5.89. The number of aliphatic hydroxyl groups excluding tert-OH is 1. The van der Waals surface area contributed by atoms with E-state index in [2.05, 4.69) is 26.0 Å². The highest BCUT2D eigenvalue weighted by Gasteiger charge is 2.44. The fourth-order valence-corrected chi connectivity index (χ4v) is 5.44. The molecular formula is C28H21N5O2. The van der Waals surface area contributed by atoms with Crippen molar-refractivity contribution in [3.8, 4) is 0 Å². The number of para-hydroxylation sites is 2. The molecule has 1 aliphatic rings. The number of hydrogen-bond acceptors (Lipinski definition) is 3. The van der Waals surface area contributed by atoms with Crippen LogP contribution >= 0.6 is 0 Å². The van der Waals surface area contributed by atoms with E-state index in [-0.39, 0.29) is 5.76 Å². The van der Waals surface area contributed by atoms with Crippen molar-refractivity contribution < 1.29 is 9.90 Å². The average molecular weight is 460 g/mol. The summed E-state index contributed by atoms with van der Waals surface area (Å²) < 4.78 is 0. The molecule has 0 aliphatic carbocycles. The Hall–Kier alpha value is -4.78. The first-order chi connectivity index (χ1) is 17.1. The molecule has 3 aromatic carbocycles. The molecule has 1 unspecified atom stereocenters. The third-order valence-electron chi connectivity index (χ3n) is 6.99. The second-order valence-electron chi connectivity index (χ2n) is 8.90. The number of fused-ring (bicyclic) bond motifs is 3. The number of amides is 1. The fourth-order valence-electron chi connectivity index (χ4n) is 5.44. The second-order valence-corrected chi connectivity index (χ2v) is 8.90. The van der Waals surface area contributed by atoms with Crippen LogP contribution in [0.1, 0.15) is 22.9 Å². The lowest BCUT2D eigenvalue weighted by Gasteiger charge is -2.27. The zero-order valence-electron chi connectivity index (χ0n) is 18.8. The number of aliphatic hydroxyl groups is 1. The Morgan fingerprint density at radius 3 is 2.54 bits per heavy atom. The Morgan fingerprint density at radius 1 is 0.914 bits per heavy atom. The van der Waals surface area contributed by atoms with Crippen molar-refractivity contribution in [3.05, 3.63) is 102 Å². The van der Waals surface area contributed by atoms with Crippen LogP contribution in [-0.4, -0.2) is 30.9 Å². The van der Waals surface area contributed by atoms with Gasteiger partial charge in [-0.3, -0.25) is 9.69 Å². The van der Waals surface area contributed by atoms with E-state index in [0.717, 1.165) is 49.7 Å². The van der Waals surface area contributed by atoms with Crippen LogP contribution in [0.2, 0.25) is 0 Å². The number of H-pyrrole nitrogens is 3. The minimum atomic E-state index is -0.529. The van der Waals surface area contributed by atoms with E-state index < -0.39 is 11.9 Å². The number of anilines is 1. The Bertz CT molecular complexity index is 1820. The normalized spacial score (nSPS) is 16.4. The molecule has 0 bridgehead atoms. The van der Waals surface area contributed by atoms with Gasteiger partial charge >= 0.3 is 0 Å². The highest BCUT2D eigenvalue weighted by molar-refractivity contribution is 6.18. The summed E-state index contributed by atoms with van der Waals surface area (Å²) in [6.07, 6.45) is 3.51. The smallest absolute Gasteiger partial charge is 0.294 e. The van der Waals surface area contributed by atoms with Crippen LogP contribution in [0, 0.1) is 6.92 Å². The van der Waals surface area contributed by atoms with Gasteiger partial charge in [-0.25, -0.2) is 4.98 Å². The van der Waals surface area contributed by atoms with Crippen LogP contribution in [0.15, 0.2) is 85.0 Å². The molecule has 35 heavy (non-hydrogen) atoms. The van der Waals surface area contributed by atoms with Crippen LogP contribution in [0.3, 0.4) is 0 Å². The van der Waals surface area contributed by atoms with Gasteiger partial charge in [0.2, 0.25) is 0 Å². The first kappa shape index (κ1) is 19.7. The number of carbonyl (C=O) groups is 1. The van der Waals surface area contributed by atoms with Gasteiger partial charge in [-0.2, -0.15) is 0 Å². The van der Waals surface area contributed by atoms with Crippen LogP contribution in [0.4, 0.5) is 5.69 Å². The van der Waals surface area contributed by atoms with Crippen molar-refractivity contribution in [2.24, 2.45) is 0 Å². The summed E-state index contributed by atoms with van der Waals surface area (Å²) in [5.41, 5.74) is 7.56. The van der Waals surface area contributed by atoms with Crippen molar-refractivity contribution in [3.63, 3.8) is 0 Å². The van der Waals surface area contributed by atoms with E-state index in [1.165, 1.54) is 0 Å². The molecule has 0 radical (unpaired) electrons. The van der Waals surface area contributed by atoms with Gasteiger partial charge in [0.1, 0.15) is 0 Å². The monoisotopic (exact) mass is 459 g/mol. The Balaban J connectivity index is 1.53. The van der Waals surface area contributed by atoms with Gasteiger partial charge in [-0.05, 0) is 37.3 Å². The quantitative estimate of drug-likeness (QED) is 0.265. The van der Waals surface area contributed by atoms with E-state index in [1.54, 1.807) is 11.2 Å². The zero-order chi connectivity index (χ0) is 23.7. The van der Waals surface area contributed by atoms with E-state index in [4.69, 9.17) is 0 Å². The van der Waals surface area contributed by atoms with Gasteiger partial charge in [0, 0.05) is 56.1 Å². The largest absolute Gasteiger partial charge is 0.503 e. The van der Waals surface area contributed by atoms with Crippen LogP contribution in [0.25, 0.3) is 38.4 Å². The lowest BCUT2D eigenvalue weighted by Crippen LogP contribution is -2.30. The average Bonchev–Trinajstić information content (AvgIpc) is 3.63. The predicted molar refractivity (Wildman–Crippen MR) is 137 cm³/mol. The molecule has 1 aliphatic heterocycles. The third kappa shape index (κ3) is 2.72. The van der Waals surface area contributed by atoms with Crippen molar-refractivity contribution in [2.75, 3.05) is 4.90 Å². The minimum Gasteiger partial charge on any atom is -0.503 e. The summed E-state index contributed by atoms with van der Waals surface area (Å²) in [5.74, 6) is -0.673. The lowest BCUT2D eigenvalue weighted by atomic mass is 9.91. The molecule has 6 aromatic rings. The van der Waals surface area contributed by atoms with Gasteiger partial charge in [0.25, 0.3) is 5.91 Å². The van der Waals surface area contributed by atoms with Crippen molar-refractivity contribution in [2.45, 2.75) is 13.0 Å². The summed E-state index contributed by atoms with van der Waals surface area (Å²) in [6, 6.07) is 21.1. The number of imidazole rings is 1. The van der Waals surface area contributed by atoms with E-state index >= 15 is 0 Å². The second kappa shape index (κ2) is 7.11. The summed E-state index contributed by atoms with van der Waals surface area (Å²) >= 11 is 0. The maximum atomic E-state index is 13.7. The summed E-state index contributed by atoms with van der Waals surface area (Å²) in [4.78, 5) is 29.6. The molecule has 0 fully saturated rings. The summed E-state index contributed by atoms with van der Waals surface area (Å²) in [5, 5.41) is 13.3. The van der Waals surface area contributed by atoms with Crippen LogP contribution in [0.5, 0.6) is 0 Å². The lowest BCUT2D eigenvalue weighted by molar-refractivity contribution is -0.117. The molecule has 0 saturated heterocycles. The Morgan fingerprint density at radius 2 is 1.69 bits per heavy atom. The highest BCUT2D eigenvalue weighted by atomic mass is 16.3. The Labute approximate surface area is 199 Å². The molecule has 3 aromatic heterocycles. The maximum Gasteiger partial charge on any atom is 0.294 e. The SMILES string of the molecule is Cc1[nH]c2ccccc2c1C1C(c2c[nH]c3ccccc23)=C(O)C(=O)N1c1ccc2nc[nH]c2c1. The van der Waals surface area contributed by atoms with Gasteiger partial charge in [-0.1, -0.05) is 36.4 Å². The fraction of sp³-hybridized carbons (Fsp3) is 0.0714. The molecule has 1 amide bonds. The van der Waals surface area contributed by atoms with Gasteiger partial charge in [0.15, 0.2) is 5.76 Å². The molecule has 1 atom stereocenters. The van der Waals surface area contributed by atoms with Crippen molar-refractivity contribution in [1.82, 2.24) is 19.9 Å². The van der Waals surface area contributed by atoms with Gasteiger partial charge in [-0.15, -0.1) is 0 Å². The third-order valence-corrected chi connectivity index (χ3v) is 6.99. The highest BCUT2D eigenvalue weighted by Crippen LogP contribution is 2.49. The first-order valence-corrected chi connectivity index (χ1v) is 11.5. The van der Waals surface area contributed by atoms with E-state index in [0.29, 0.717) is 11.3 Å². The topological polar surface area (TPSA) is 101 Å². The number of nitrogens with zero attached hydrogens (tertiary/aromatic N) is 2. The van der Waals surface area contributed by atoms with E-state index in [9.17, 15) is 9.90 Å². The van der Waals surface area contributed by atoms with Gasteiger partial charge in [0.05, 0.1) is 23.4 Å². The molecular weight excluding hydrogens is 438 g/mol.